The van der Waals surface area contributed by atoms with Gasteiger partial charge in [0, 0.05) is 21.5 Å². The Balaban J connectivity index is 1.81. The molecule has 0 spiro atoms. The third-order valence-electron chi connectivity index (χ3n) is 3.76. The highest BCUT2D eigenvalue weighted by Crippen LogP contribution is 2.35. The molecular formula is C16H17ClFNS2. The van der Waals surface area contributed by atoms with Gasteiger partial charge in [0.15, 0.2) is 0 Å². The van der Waals surface area contributed by atoms with Crippen LogP contribution in [0, 0.1) is 5.82 Å². The molecule has 0 amide bonds. The maximum Gasteiger partial charge on any atom is 0.142 e. The lowest BCUT2D eigenvalue weighted by Gasteiger charge is -2.15. The number of thiophene rings is 1. The summed E-state index contributed by atoms with van der Waals surface area (Å²) < 4.78 is 13.6. The fraction of sp³-hybridized carbons (Fsp3) is 0.375. The van der Waals surface area contributed by atoms with Crippen LogP contribution in [0.1, 0.15) is 26.9 Å². The molecule has 1 nitrogen and oxygen atoms in total. The number of hydrogen-bond acceptors (Lipinski definition) is 3. The lowest BCUT2D eigenvalue weighted by atomic mass is 10.0. The molecule has 112 valence electrons. The van der Waals surface area contributed by atoms with E-state index in [4.69, 9.17) is 11.6 Å². The average Bonchev–Trinajstić information content (AvgIpc) is 2.92. The molecule has 1 aliphatic heterocycles. The molecule has 1 N–H and O–H groups in total. The maximum atomic E-state index is 13.6. The molecule has 0 saturated carbocycles. The van der Waals surface area contributed by atoms with Crippen LogP contribution in [0.5, 0.6) is 0 Å². The zero-order valence-corrected chi connectivity index (χ0v) is 14.2. The topological polar surface area (TPSA) is 12.0 Å². The minimum absolute atomic E-state index is 0.184. The summed E-state index contributed by atoms with van der Waals surface area (Å²) in [4.78, 5) is 2.87. The molecule has 1 aromatic heterocycles. The van der Waals surface area contributed by atoms with E-state index in [1.165, 1.54) is 33.6 Å². The first-order valence-corrected chi connectivity index (χ1v) is 9.32. The predicted octanol–water partition coefficient (Wildman–Crippen LogP) is 4.83. The average molecular weight is 342 g/mol. The van der Waals surface area contributed by atoms with Gasteiger partial charge in [-0.05, 0) is 55.0 Å². The molecule has 0 radical (unpaired) electrons. The van der Waals surface area contributed by atoms with E-state index in [2.05, 4.69) is 11.4 Å². The Morgan fingerprint density at radius 2 is 2.24 bits per heavy atom. The van der Waals surface area contributed by atoms with Gasteiger partial charge in [0.25, 0.3) is 0 Å². The van der Waals surface area contributed by atoms with Gasteiger partial charge in [-0.2, -0.15) is 11.8 Å². The Morgan fingerprint density at radius 1 is 1.38 bits per heavy atom. The predicted molar refractivity (Wildman–Crippen MR) is 91.1 cm³/mol. The molecule has 0 aliphatic carbocycles. The van der Waals surface area contributed by atoms with Crippen LogP contribution < -0.4 is 5.32 Å². The number of nitrogens with one attached hydrogen (secondary N) is 1. The van der Waals surface area contributed by atoms with Crippen molar-refractivity contribution in [2.24, 2.45) is 0 Å². The molecule has 1 unspecified atom stereocenters. The highest BCUT2D eigenvalue weighted by molar-refractivity contribution is 7.98. The van der Waals surface area contributed by atoms with E-state index in [1.807, 2.05) is 36.2 Å². The van der Waals surface area contributed by atoms with Crippen molar-refractivity contribution in [2.75, 3.05) is 12.8 Å². The molecule has 0 fully saturated rings. The van der Waals surface area contributed by atoms with E-state index in [-0.39, 0.29) is 16.9 Å². The summed E-state index contributed by atoms with van der Waals surface area (Å²) in [7, 11) is 1.96. The lowest BCUT2D eigenvalue weighted by Crippen LogP contribution is -2.17. The number of fused-ring (bicyclic) bond motifs is 1. The van der Waals surface area contributed by atoms with E-state index in [0.717, 1.165) is 17.7 Å². The monoisotopic (exact) mass is 341 g/mol. The van der Waals surface area contributed by atoms with Gasteiger partial charge in [-0.25, -0.2) is 4.39 Å². The van der Waals surface area contributed by atoms with Crippen LogP contribution in [-0.2, 0) is 18.6 Å². The first-order valence-electron chi connectivity index (χ1n) is 6.98. The largest absolute Gasteiger partial charge is 0.312 e. The summed E-state index contributed by atoms with van der Waals surface area (Å²) in [6, 6.07) is 7.62. The molecule has 21 heavy (non-hydrogen) atoms. The zero-order valence-electron chi connectivity index (χ0n) is 11.8. The Labute approximate surface area is 137 Å². The Kier molecular flexibility index (Phi) is 4.89. The summed E-state index contributed by atoms with van der Waals surface area (Å²) in [6.45, 7) is 0. The first-order chi connectivity index (χ1) is 10.2. The van der Waals surface area contributed by atoms with E-state index in [9.17, 15) is 4.39 Å². The third kappa shape index (κ3) is 3.45. The molecule has 0 saturated heterocycles. The van der Waals surface area contributed by atoms with Crippen LogP contribution in [0.3, 0.4) is 0 Å². The van der Waals surface area contributed by atoms with Gasteiger partial charge in [0.05, 0.1) is 5.02 Å². The van der Waals surface area contributed by atoms with Gasteiger partial charge in [0.1, 0.15) is 5.82 Å². The van der Waals surface area contributed by atoms with Crippen LogP contribution in [0.2, 0.25) is 5.02 Å². The highest BCUT2D eigenvalue weighted by Gasteiger charge is 2.19. The minimum atomic E-state index is -0.342. The van der Waals surface area contributed by atoms with Crippen LogP contribution in [0.4, 0.5) is 4.39 Å². The van der Waals surface area contributed by atoms with Crippen LogP contribution >= 0.6 is 34.7 Å². The van der Waals surface area contributed by atoms with Crippen LogP contribution in [0.25, 0.3) is 0 Å². The Morgan fingerprint density at radius 3 is 2.95 bits per heavy atom. The van der Waals surface area contributed by atoms with Crippen molar-refractivity contribution in [1.82, 2.24) is 5.32 Å². The molecule has 2 heterocycles. The number of aryl methyl sites for hydroxylation is 1. The van der Waals surface area contributed by atoms with Gasteiger partial charge < -0.3 is 5.32 Å². The first kappa shape index (κ1) is 15.3. The maximum absolute atomic E-state index is 13.6. The zero-order chi connectivity index (χ0) is 14.8. The van der Waals surface area contributed by atoms with Gasteiger partial charge in [-0.1, -0.05) is 17.7 Å². The number of benzene rings is 1. The van der Waals surface area contributed by atoms with Crippen molar-refractivity contribution in [3.63, 3.8) is 0 Å². The van der Waals surface area contributed by atoms with Gasteiger partial charge in [-0.3, -0.25) is 0 Å². The van der Waals surface area contributed by atoms with Crippen molar-refractivity contribution < 1.29 is 4.39 Å². The van der Waals surface area contributed by atoms with E-state index in [1.54, 1.807) is 6.07 Å². The molecule has 3 rings (SSSR count). The molecule has 2 aromatic rings. The Hall–Kier alpha value is -0.550. The Bertz CT molecular complexity index is 618. The normalized spacial score (nSPS) is 15.8. The summed E-state index contributed by atoms with van der Waals surface area (Å²) in [5, 5.41) is 3.54. The van der Waals surface area contributed by atoms with Crippen LogP contribution in [-0.4, -0.2) is 12.8 Å². The number of hydrogen-bond donors (Lipinski definition) is 1. The number of rotatable bonds is 4. The summed E-state index contributed by atoms with van der Waals surface area (Å²) >= 11 is 9.64. The second kappa shape index (κ2) is 6.69. The van der Waals surface area contributed by atoms with Crippen molar-refractivity contribution in [3.8, 4) is 0 Å². The second-order valence-corrected chi connectivity index (χ2v) is 7.87. The fourth-order valence-electron chi connectivity index (χ4n) is 2.59. The minimum Gasteiger partial charge on any atom is -0.312 e. The van der Waals surface area contributed by atoms with Crippen LogP contribution in [0.15, 0.2) is 24.3 Å². The second-order valence-electron chi connectivity index (χ2n) is 5.19. The molecule has 1 atom stereocenters. The number of thioether (sulfide) groups is 1. The fourth-order valence-corrected chi connectivity index (χ4v) is 5.19. The number of halogens is 2. The van der Waals surface area contributed by atoms with Gasteiger partial charge in [0.2, 0.25) is 0 Å². The van der Waals surface area contributed by atoms with E-state index in [0.29, 0.717) is 0 Å². The molecular weight excluding hydrogens is 325 g/mol. The van der Waals surface area contributed by atoms with Crippen molar-refractivity contribution in [1.29, 1.82) is 0 Å². The quantitative estimate of drug-likeness (QED) is 0.854. The van der Waals surface area contributed by atoms with Crippen molar-refractivity contribution in [3.05, 3.63) is 56.0 Å². The lowest BCUT2D eigenvalue weighted by molar-refractivity contribution is 0.592. The summed E-state index contributed by atoms with van der Waals surface area (Å²) in [5.41, 5.74) is 2.45. The smallest absolute Gasteiger partial charge is 0.142 e. The summed E-state index contributed by atoms with van der Waals surface area (Å²) in [5.74, 6) is 2.00. The van der Waals surface area contributed by atoms with Gasteiger partial charge in [-0.15, -0.1) is 11.3 Å². The third-order valence-corrected chi connectivity index (χ3v) is 6.43. The van der Waals surface area contributed by atoms with Crippen molar-refractivity contribution in [2.45, 2.75) is 24.6 Å². The molecule has 0 bridgehead atoms. The SMILES string of the molecule is CNC(Cc1ccc(Cl)c(F)c1)c1cc2c(s1)CCSC2. The molecule has 5 heteroatoms. The van der Waals surface area contributed by atoms with E-state index < -0.39 is 0 Å². The summed E-state index contributed by atoms with van der Waals surface area (Å²) in [6.07, 6.45) is 1.95. The number of likely N-dealkylation sites (N-methyl/N-ethyl adjacent to an activating group) is 1. The molecule has 1 aromatic carbocycles. The van der Waals surface area contributed by atoms with Gasteiger partial charge >= 0.3 is 0 Å². The standard InChI is InChI=1S/C16H17ClFNS2/c1-19-14(7-10-2-3-12(17)13(18)6-10)16-8-11-9-20-5-4-15(11)21-16/h2-3,6,8,14,19H,4-5,7,9H2,1H3. The molecule has 1 aliphatic rings. The van der Waals surface area contributed by atoms with E-state index >= 15 is 0 Å². The van der Waals surface area contributed by atoms with Crippen molar-refractivity contribution >= 4 is 34.7 Å². The highest BCUT2D eigenvalue weighted by atomic mass is 35.5.